The third kappa shape index (κ3) is 5.91. The lowest BCUT2D eigenvalue weighted by Gasteiger charge is -2.34. The molecule has 0 spiro atoms. The molecule has 1 aliphatic carbocycles. The maximum absolute atomic E-state index is 15.6. The first-order chi connectivity index (χ1) is 19.7. The van der Waals surface area contributed by atoms with Crippen LogP contribution in [0, 0.1) is 17.2 Å². The summed E-state index contributed by atoms with van der Waals surface area (Å²) in [6.45, 7) is -0.775. The molecule has 3 aliphatic rings. The van der Waals surface area contributed by atoms with Gasteiger partial charge in [-0.3, -0.25) is 14.3 Å². The van der Waals surface area contributed by atoms with E-state index in [9.17, 15) is 35.6 Å². The van der Waals surface area contributed by atoms with Gasteiger partial charge in [0.25, 0.3) is 17.4 Å². The number of sulfonamides is 1. The van der Waals surface area contributed by atoms with Gasteiger partial charge in [-0.1, -0.05) is 0 Å². The van der Waals surface area contributed by atoms with E-state index in [0.29, 0.717) is 0 Å². The van der Waals surface area contributed by atoms with Gasteiger partial charge < -0.3 is 20.3 Å². The third-order valence-electron chi connectivity index (χ3n) is 8.23. The van der Waals surface area contributed by atoms with Crippen molar-refractivity contribution in [1.82, 2.24) is 4.68 Å². The third-order valence-corrected chi connectivity index (χ3v) is 9.49. The Morgan fingerprint density at radius 2 is 1.86 bits per heavy atom. The standard InChI is InChI=1S/C26H30F5N5O5S/c27-18-12-17(33-42(40,41)11-10-37)13-20(34-7-3-25(24(28)29)14-16(25)15-34)21(18)22(38)32-19-2-1-6-36(23(19)39)35-8-4-26(30,31)5-9-35/h1-2,6,12-13,16,24,33,37H,3-5,7-11,14-15H2,(H,32,38)/t16-,25+/m1/s1. The Bertz CT molecular complexity index is 1530. The van der Waals surface area contributed by atoms with Crippen molar-refractivity contribution in [2.24, 2.45) is 11.3 Å². The number of pyridine rings is 1. The lowest BCUT2D eigenvalue weighted by Crippen LogP contribution is -2.49. The second-order valence-electron chi connectivity index (χ2n) is 11.0. The van der Waals surface area contributed by atoms with Crippen molar-refractivity contribution in [3.63, 3.8) is 0 Å². The molecular formula is C26H30F5N5O5S. The Morgan fingerprint density at radius 3 is 2.50 bits per heavy atom. The zero-order valence-electron chi connectivity index (χ0n) is 22.3. The van der Waals surface area contributed by atoms with Crippen molar-refractivity contribution in [1.29, 1.82) is 0 Å². The van der Waals surface area contributed by atoms with Gasteiger partial charge in [0.15, 0.2) is 0 Å². The maximum Gasteiger partial charge on any atom is 0.292 e. The number of aliphatic hydroxyl groups is 1. The first kappa shape index (κ1) is 30.1. The number of aromatic nitrogens is 1. The number of hydrogen-bond donors (Lipinski definition) is 3. The van der Waals surface area contributed by atoms with Crippen molar-refractivity contribution in [3.8, 4) is 0 Å². The molecule has 1 aromatic carbocycles. The van der Waals surface area contributed by atoms with Gasteiger partial charge in [-0.2, -0.15) is 0 Å². The number of nitrogens with one attached hydrogen (secondary N) is 2. The summed E-state index contributed by atoms with van der Waals surface area (Å²) >= 11 is 0. The van der Waals surface area contributed by atoms with Gasteiger partial charge in [-0.15, -0.1) is 0 Å². The van der Waals surface area contributed by atoms with Gasteiger partial charge in [0.2, 0.25) is 16.4 Å². The van der Waals surface area contributed by atoms with E-state index in [2.05, 4.69) is 10.0 Å². The lowest BCUT2D eigenvalue weighted by atomic mass is 9.94. The summed E-state index contributed by atoms with van der Waals surface area (Å²) in [6.07, 6.45) is -1.74. The maximum atomic E-state index is 15.6. The van der Waals surface area contributed by atoms with E-state index < -0.39 is 81.8 Å². The van der Waals surface area contributed by atoms with Gasteiger partial charge in [0, 0.05) is 50.6 Å². The first-order valence-corrected chi connectivity index (χ1v) is 15.0. The molecule has 5 rings (SSSR count). The highest BCUT2D eigenvalue weighted by molar-refractivity contribution is 7.92. The van der Waals surface area contributed by atoms with Crippen molar-refractivity contribution < 1.29 is 40.3 Å². The molecule has 3 heterocycles. The number of fused-ring (bicyclic) bond motifs is 1. The van der Waals surface area contributed by atoms with Crippen molar-refractivity contribution in [2.75, 3.05) is 58.5 Å². The number of benzene rings is 1. The van der Waals surface area contributed by atoms with Crippen LogP contribution in [-0.4, -0.2) is 75.0 Å². The molecular weight excluding hydrogens is 589 g/mol. The van der Waals surface area contributed by atoms with E-state index in [0.717, 1.165) is 10.7 Å². The van der Waals surface area contributed by atoms with Gasteiger partial charge >= 0.3 is 0 Å². The van der Waals surface area contributed by atoms with Crippen LogP contribution in [0.1, 0.15) is 36.0 Å². The molecule has 2 saturated heterocycles. The summed E-state index contributed by atoms with van der Waals surface area (Å²) in [7, 11) is -4.06. The molecule has 0 unspecified atom stereocenters. The van der Waals surface area contributed by atoms with Crippen LogP contribution in [0.2, 0.25) is 0 Å². The van der Waals surface area contributed by atoms with Crippen LogP contribution in [0.4, 0.5) is 39.0 Å². The molecule has 1 saturated carbocycles. The number of halogens is 5. The topological polar surface area (TPSA) is 124 Å². The van der Waals surface area contributed by atoms with Crippen LogP contribution in [-0.2, 0) is 10.0 Å². The van der Waals surface area contributed by atoms with E-state index in [1.807, 2.05) is 0 Å². The van der Waals surface area contributed by atoms with Crippen LogP contribution >= 0.6 is 0 Å². The van der Waals surface area contributed by atoms with Crippen molar-refractivity contribution in [3.05, 3.63) is 52.2 Å². The average Bonchev–Trinajstić information content (AvgIpc) is 3.65. The fraction of sp³-hybridized carbons (Fsp3) is 0.538. The van der Waals surface area contributed by atoms with E-state index in [4.69, 9.17) is 5.11 Å². The van der Waals surface area contributed by atoms with Crippen molar-refractivity contribution in [2.45, 2.75) is 38.0 Å². The zero-order valence-corrected chi connectivity index (χ0v) is 23.1. The first-order valence-electron chi connectivity index (χ1n) is 13.4. The summed E-state index contributed by atoms with van der Waals surface area (Å²) in [5, 5.41) is 12.8. The van der Waals surface area contributed by atoms with E-state index >= 15 is 4.39 Å². The highest BCUT2D eigenvalue weighted by Gasteiger charge is 2.62. The lowest BCUT2D eigenvalue weighted by molar-refractivity contribution is -0.0260. The second-order valence-corrected chi connectivity index (χ2v) is 12.8. The fourth-order valence-corrected chi connectivity index (χ4v) is 6.57. The number of nitrogens with zero attached hydrogens (tertiary/aromatic N) is 3. The predicted octanol–water partition coefficient (Wildman–Crippen LogP) is 2.82. The van der Waals surface area contributed by atoms with E-state index in [1.54, 1.807) is 0 Å². The van der Waals surface area contributed by atoms with Crippen LogP contribution in [0.25, 0.3) is 0 Å². The summed E-state index contributed by atoms with van der Waals surface area (Å²) in [4.78, 5) is 28.1. The molecule has 3 N–H and O–H groups in total. The minimum absolute atomic E-state index is 0.0468. The predicted molar refractivity (Wildman–Crippen MR) is 145 cm³/mol. The highest BCUT2D eigenvalue weighted by atomic mass is 32.2. The Morgan fingerprint density at radius 1 is 1.14 bits per heavy atom. The molecule has 3 fully saturated rings. The van der Waals surface area contributed by atoms with Gasteiger partial charge in [-0.25, -0.2) is 35.0 Å². The Kier molecular flexibility index (Phi) is 7.89. The molecule has 42 heavy (non-hydrogen) atoms. The Balaban J connectivity index is 1.45. The minimum atomic E-state index is -4.06. The van der Waals surface area contributed by atoms with Crippen LogP contribution in [0.5, 0.6) is 0 Å². The van der Waals surface area contributed by atoms with E-state index in [-0.39, 0.29) is 56.1 Å². The van der Waals surface area contributed by atoms with Crippen molar-refractivity contribution >= 4 is 33.0 Å². The SMILES string of the molecule is O=C(Nc1cccn(N2CCC(F)(F)CC2)c1=O)c1c(F)cc(NS(=O)(=O)CCO)cc1N1CC[C@]2(C(F)F)C[C@@H]2C1. The smallest absolute Gasteiger partial charge is 0.292 e. The molecule has 230 valence electrons. The number of amides is 1. The molecule has 2 aromatic rings. The van der Waals surface area contributed by atoms with Crippen LogP contribution < -0.4 is 25.5 Å². The Labute approximate surface area is 238 Å². The number of hydrogen-bond acceptors (Lipinski definition) is 7. The van der Waals surface area contributed by atoms with Crippen LogP contribution in [0.3, 0.4) is 0 Å². The normalized spacial score (nSPS) is 23.5. The van der Waals surface area contributed by atoms with Gasteiger partial charge in [-0.05, 0) is 43.0 Å². The minimum Gasteiger partial charge on any atom is -0.395 e. The second kappa shape index (κ2) is 11.0. The summed E-state index contributed by atoms with van der Waals surface area (Å²) in [5.74, 6) is -6.10. The molecule has 2 aliphatic heterocycles. The van der Waals surface area contributed by atoms with Gasteiger partial charge in [0.1, 0.15) is 11.5 Å². The number of aliphatic hydroxyl groups excluding tert-OH is 1. The Hall–Kier alpha value is -3.40. The number of rotatable bonds is 9. The molecule has 0 radical (unpaired) electrons. The monoisotopic (exact) mass is 619 g/mol. The molecule has 0 bridgehead atoms. The highest BCUT2D eigenvalue weighted by Crippen LogP contribution is 2.62. The quantitative estimate of drug-likeness (QED) is 0.369. The number of anilines is 3. The molecule has 16 heteroatoms. The number of piperidine rings is 2. The fourth-order valence-electron chi connectivity index (χ4n) is 5.75. The van der Waals surface area contributed by atoms with Crippen LogP contribution in [0.15, 0.2) is 35.3 Å². The molecule has 1 aromatic heterocycles. The van der Waals surface area contributed by atoms with E-state index in [1.165, 1.54) is 34.3 Å². The number of carbonyl (C=O) groups excluding carboxylic acids is 1. The number of carbonyl (C=O) groups is 1. The summed E-state index contributed by atoms with van der Waals surface area (Å²) in [5.41, 5.74) is -2.94. The average molecular weight is 620 g/mol. The summed E-state index contributed by atoms with van der Waals surface area (Å²) < 4.78 is 97.8. The molecule has 10 nitrogen and oxygen atoms in total. The molecule has 1 amide bonds. The zero-order chi connectivity index (χ0) is 30.4. The summed E-state index contributed by atoms with van der Waals surface area (Å²) in [6, 6.07) is 4.67. The largest absolute Gasteiger partial charge is 0.395 e. The number of alkyl halides is 4. The van der Waals surface area contributed by atoms with Gasteiger partial charge in [0.05, 0.1) is 29.3 Å². The molecule has 2 atom stereocenters.